The van der Waals surface area contributed by atoms with Gasteiger partial charge in [-0.1, -0.05) is 35.9 Å². The van der Waals surface area contributed by atoms with E-state index < -0.39 is 21.8 Å². The van der Waals surface area contributed by atoms with Crippen LogP contribution in [0.5, 0.6) is 5.88 Å². The van der Waals surface area contributed by atoms with Gasteiger partial charge in [0.25, 0.3) is 21.8 Å². The second-order valence-corrected chi connectivity index (χ2v) is 9.68. The van der Waals surface area contributed by atoms with Gasteiger partial charge in [0, 0.05) is 28.9 Å². The van der Waals surface area contributed by atoms with Gasteiger partial charge in [-0.05, 0) is 30.3 Å². The number of para-hydroxylation sites is 1. The van der Waals surface area contributed by atoms with Crippen molar-refractivity contribution in [3.05, 3.63) is 94.6 Å². The summed E-state index contributed by atoms with van der Waals surface area (Å²) < 4.78 is 33.9. The van der Waals surface area contributed by atoms with Gasteiger partial charge in [0.15, 0.2) is 0 Å². The quantitative estimate of drug-likeness (QED) is 0.439. The highest BCUT2D eigenvalue weighted by atomic mass is 35.5. The molecule has 0 unspecified atom stereocenters. The van der Waals surface area contributed by atoms with Gasteiger partial charge in [-0.25, -0.2) is 17.7 Å². The number of primary amides is 1. The summed E-state index contributed by atoms with van der Waals surface area (Å²) in [6, 6.07) is 13.8. The number of fused-ring (bicyclic) bond motifs is 2. The third-order valence-corrected chi connectivity index (χ3v) is 7.64. The molecule has 0 saturated heterocycles. The first-order chi connectivity index (χ1) is 16.8. The highest BCUT2D eigenvalue weighted by Crippen LogP contribution is 2.48. The van der Waals surface area contributed by atoms with E-state index >= 15 is 0 Å². The largest absolute Gasteiger partial charge is 0.481 e. The van der Waals surface area contributed by atoms with Gasteiger partial charge in [-0.3, -0.25) is 14.6 Å². The monoisotopic (exact) mass is 507 g/mol. The SMILES string of the molecule is COc1ncccc1[C]1C(=O)N(S(=O)(=O)c2cccc3cccnc23)c2ccc(Cl)c(C(N)=O)c21. The van der Waals surface area contributed by atoms with E-state index in [2.05, 4.69) is 9.97 Å². The molecule has 3 heterocycles. The van der Waals surface area contributed by atoms with Crippen molar-refractivity contribution >= 4 is 50.0 Å². The van der Waals surface area contributed by atoms with E-state index in [1.807, 2.05) is 0 Å². The Hall–Kier alpha value is -4.02. The number of methoxy groups -OCH3 is 1. The Balaban J connectivity index is 1.82. The number of carbonyl (C=O) groups excluding carboxylic acids is 2. The Morgan fingerprint density at radius 1 is 1.03 bits per heavy atom. The minimum absolute atomic E-state index is 0.0157. The Bertz CT molecular complexity index is 1640. The average Bonchev–Trinajstić information content (AvgIpc) is 3.15. The first kappa shape index (κ1) is 22.8. The van der Waals surface area contributed by atoms with E-state index in [0.29, 0.717) is 9.69 Å². The number of halogens is 1. The first-order valence-electron chi connectivity index (χ1n) is 10.2. The molecule has 1 aliphatic heterocycles. The second-order valence-electron chi connectivity index (χ2n) is 7.52. The summed E-state index contributed by atoms with van der Waals surface area (Å²) >= 11 is 6.28. The summed E-state index contributed by atoms with van der Waals surface area (Å²) in [6.45, 7) is 0. The molecule has 5 rings (SSSR count). The van der Waals surface area contributed by atoms with Gasteiger partial charge >= 0.3 is 0 Å². The van der Waals surface area contributed by atoms with E-state index in [1.54, 1.807) is 30.3 Å². The molecule has 0 bridgehead atoms. The topological polar surface area (TPSA) is 133 Å². The third kappa shape index (κ3) is 3.41. The molecule has 0 aliphatic carbocycles. The van der Waals surface area contributed by atoms with Gasteiger partial charge in [0.05, 0.1) is 28.9 Å². The normalized spacial score (nSPS) is 13.8. The van der Waals surface area contributed by atoms with Crippen LogP contribution in [0.15, 0.2) is 71.9 Å². The fraction of sp³-hybridized carbons (Fsp3) is 0.0417. The lowest BCUT2D eigenvalue weighted by atomic mass is 9.89. The van der Waals surface area contributed by atoms with Crippen molar-refractivity contribution in [3.63, 3.8) is 0 Å². The molecule has 1 radical (unpaired) electrons. The molecule has 0 fully saturated rings. The predicted octanol–water partition coefficient (Wildman–Crippen LogP) is 3.10. The van der Waals surface area contributed by atoms with Crippen molar-refractivity contribution in [1.82, 2.24) is 9.97 Å². The number of amides is 2. The molecule has 0 spiro atoms. The lowest BCUT2D eigenvalue weighted by molar-refractivity contribution is -0.114. The zero-order valence-corrected chi connectivity index (χ0v) is 19.7. The maximum atomic E-state index is 14.0. The van der Waals surface area contributed by atoms with Crippen LogP contribution in [0.25, 0.3) is 10.9 Å². The number of ether oxygens (including phenoxy) is 1. The van der Waals surface area contributed by atoms with E-state index in [1.165, 1.54) is 43.8 Å². The smallest absolute Gasteiger partial charge is 0.273 e. The van der Waals surface area contributed by atoms with Crippen molar-refractivity contribution in [3.8, 4) is 5.88 Å². The molecular formula is C24H16ClN4O5S. The van der Waals surface area contributed by atoms with Gasteiger partial charge in [-0.2, -0.15) is 0 Å². The molecule has 2 N–H and O–H groups in total. The molecule has 35 heavy (non-hydrogen) atoms. The summed E-state index contributed by atoms with van der Waals surface area (Å²) in [5.41, 5.74) is 5.72. The number of hydrogen-bond donors (Lipinski definition) is 1. The maximum Gasteiger partial charge on any atom is 0.273 e. The molecule has 0 atom stereocenters. The van der Waals surface area contributed by atoms with Crippen LogP contribution in [-0.4, -0.2) is 37.3 Å². The summed E-state index contributed by atoms with van der Waals surface area (Å²) in [4.78, 5) is 34.4. The van der Waals surface area contributed by atoms with Gasteiger partial charge in [-0.15, -0.1) is 0 Å². The molecule has 1 aliphatic rings. The minimum Gasteiger partial charge on any atom is -0.481 e. The van der Waals surface area contributed by atoms with Crippen LogP contribution in [0.3, 0.4) is 0 Å². The molecule has 2 amide bonds. The van der Waals surface area contributed by atoms with Crippen LogP contribution in [0, 0.1) is 5.92 Å². The molecule has 4 aromatic rings. The van der Waals surface area contributed by atoms with E-state index in [-0.39, 0.29) is 49.6 Å². The van der Waals surface area contributed by atoms with Crippen LogP contribution in [0.2, 0.25) is 5.02 Å². The number of benzene rings is 2. The number of hydrogen-bond acceptors (Lipinski definition) is 7. The lowest BCUT2D eigenvalue weighted by Gasteiger charge is -2.19. The number of sulfonamides is 1. The Labute approximate surface area is 205 Å². The number of carbonyl (C=O) groups is 2. The van der Waals surface area contributed by atoms with Crippen molar-refractivity contribution in [2.75, 3.05) is 11.4 Å². The maximum absolute atomic E-state index is 14.0. The fourth-order valence-electron chi connectivity index (χ4n) is 4.16. The van der Waals surface area contributed by atoms with Crippen molar-refractivity contribution in [1.29, 1.82) is 0 Å². The van der Waals surface area contributed by atoms with Gasteiger partial charge in [0.1, 0.15) is 10.8 Å². The Morgan fingerprint density at radius 3 is 2.49 bits per heavy atom. The van der Waals surface area contributed by atoms with Crippen LogP contribution < -0.4 is 14.8 Å². The first-order valence-corrected chi connectivity index (χ1v) is 12.0. The molecule has 9 nitrogen and oxygen atoms in total. The van der Waals surface area contributed by atoms with Crippen LogP contribution in [0.4, 0.5) is 5.69 Å². The zero-order chi connectivity index (χ0) is 24.9. The van der Waals surface area contributed by atoms with Gasteiger partial charge in [0.2, 0.25) is 5.88 Å². The summed E-state index contributed by atoms with van der Waals surface area (Å²) in [5, 5.41) is 0.544. The summed E-state index contributed by atoms with van der Waals surface area (Å²) in [7, 11) is -3.14. The van der Waals surface area contributed by atoms with Gasteiger partial charge < -0.3 is 10.5 Å². The molecule has 11 heteroatoms. The zero-order valence-electron chi connectivity index (χ0n) is 18.1. The predicted molar refractivity (Wildman–Crippen MR) is 129 cm³/mol. The van der Waals surface area contributed by atoms with Crippen molar-refractivity contribution in [2.24, 2.45) is 5.73 Å². The van der Waals surface area contributed by atoms with Crippen LogP contribution >= 0.6 is 11.6 Å². The number of pyridine rings is 2. The highest BCUT2D eigenvalue weighted by Gasteiger charge is 2.49. The lowest BCUT2D eigenvalue weighted by Crippen LogP contribution is -2.36. The fourth-order valence-corrected chi connectivity index (χ4v) is 6.00. The summed E-state index contributed by atoms with van der Waals surface area (Å²) in [6.07, 6.45) is 2.91. The summed E-state index contributed by atoms with van der Waals surface area (Å²) in [5.74, 6) is -1.91. The van der Waals surface area contributed by atoms with E-state index in [9.17, 15) is 18.0 Å². The Morgan fingerprint density at radius 2 is 1.74 bits per heavy atom. The Kier molecular flexibility index (Phi) is 5.42. The number of aromatic nitrogens is 2. The standard InChI is InChI=1S/C24H16ClN4O5S/c1-34-23-14(7-4-12-28-23)18-20-16(10-9-15(25)19(20)22(26)30)29(24(18)31)35(32,33)17-8-2-5-13-6-3-11-27-21(13)17/h2-12H,1H3,(H2,26,30). The molecule has 0 saturated carbocycles. The number of nitrogens with zero attached hydrogens (tertiary/aromatic N) is 3. The second kappa shape index (κ2) is 8.33. The van der Waals surface area contributed by atoms with E-state index in [4.69, 9.17) is 22.1 Å². The van der Waals surface area contributed by atoms with Crippen LogP contribution in [-0.2, 0) is 14.8 Å². The average molecular weight is 508 g/mol. The molecule has 175 valence electrons. The van der Waals surface area contributed by atoms with E-state index in [0.717, 1.165) is 0 Å². The molecule has 2 aromatic heterocycles. The minimum atomic E-state index is -4.50. The third-order valence-electron chi connectivity index (χ3n) is 5.59. The molecule has 2 aromatic carbocycles. The molecular weight excluding hydrogens is 492 g/mol. The number of nitrogens with two attached hydrogens (primary N) is 1. The highest BCUT2D eigenvalue weighted by molar-refractivity contribution is 7.94. The number of rotatable bonds is 5. The van der Waals surface area contributed by atoms with Crippen molar-refractivity contribution < 1.29 is 22.7 Å². The number of anilines is 1. The van der Waals surface area contributed by atoms with Crippen molar-refractivity contribution in [2.45, 2.75) is 4.90 Å². The van der Waals surface area contributed by atoms with Crippen LogP contribution in [0.1, 0.15) is 21.5 Å².